The van der Waals surface area contributed by atoms with Crippen LogP contribution in [0, 0.1) is 0 Å². The third-order valence-corrected chi connectivity index (χ3v) is 4.35. The molecule has 0 amide bonds. The molecule has 0 radical (unpaired) electrons. The third kappa shape index (κ3) is 4.79. The molecule has 1 heterocycles. The maximum atomic E-state index is 12.8. The zero-order valence-electron chi connectivity index (χ0n) is 11.7. The Labute approximate surface area is 146 Å². The van der Waals surface area contributed by atoms with E-state index >= 15 is 0 Å². The monoisotopic (exact) mass is 456 g/mol. The van der Waals surface area contributed by atoms with Gasteiger partial charge >= 0.3 is 146 Å². The van der Waals surface area contributed by atoms with Crippen LogP contribution >= 0.6 is 11.6 Å². The molecule has 124 valence electrons. The van der Waals surface area contributed by atoms with Gasteiger partial charge in [0.05, 0.1) is 0 Å². The van der Waals surface area contributed by atoms with Crippen LogP contribution in [0.15, 0.2) is 34.7 Å². The molecule has 2 rings (SSSR count). The van der Waals surface area contributed by atoms with Crippen LogP contribution < -0.4 is 26.9 Å². The Morgan fingerprint density at radius 1 is 1.30 bits per heavy atom. The van der Waals surface area contributed by atoms with Crippen molar-refractivity contribution in [1.29, 1.82) is 0 Å². The summed E-state index contributed by atoms with van der Waals surface area (Å²) in [5.41, 5.74) is 0.679. The van der Waals surface area contributed by atoms with Gasteiger partial charge in [-0.3, -0.25) is 0 Å². The van der Waals surface area contributed by atoms with Gasteiger partial charge in [-0.05, 0) is 0 Å². The second kappa shape index (κ2) is 7.45. The van der Waals surface area contributed by atoms with Crippen molar-refractivity contribution in [2.24, 2.45) is 0 Å². The van der Waals surface area contributed by atoms with Crippen molar-refractivity contribution in [2.45, 2.75) is 13.1 Å². The first-order chi connectivity index (χ1) is 10.8. The van der Waals surface area contributed by atoms with E-state index in [4.69, 9.17) is 15.0 Å². The zero-order chi connectivity index (χ0) is 17.0. The number of alkyl halides is 3. The van der Waals surface area contributed by atoms with Crippen LogP contribution in [-0.4, -0.2) is 13.4 Å². The van der Waals surface area contributed by atoms with E-state index in [1.54, 1.807) is 11.0 Å². The molecule has 0 aliphatic carbocycles. The van der Waals surface area contributed by atoms with E-state index in [1.807, 2.05) is 0 Å². The Morgan fingerprint density at radius 2 is 2.04 bits per heavy atom. The van der Waals surface area contributed by atoms with Gasteiger partial charge in [0.1, 0.15) is 0 Å². The molecular formula is C14H11ClF3IN3O-. The van der Waals surface area contributed by atoms with Gasteiger partial charge in [-0.2, -0.15) is 0 Å². The van der Waals surface area contributed by atoms with Crippen molar-refractivity contribution < 1.29 is 38.2 Å². The second-order valence-electron chi connectivity index (χ2n) is 4.49. The number of rotatable bonds is 4. The van der Waals surface area contributed by atoms with Crippen LogP contribution in [0.3, 0.4) is 0 Å². The van der Waals surface area contributed by atoms with Gasteiger partial charge in [0.2, 0.25) is 0 Å². The van der Waals surface area contributed by atoms with E-state index < -0.39 is 33.4 Å². The number of aromatic nitrogens is 2. The summed E-state index contributed by atoms with van der Waals surface area (Å²) in [6.07, 6.45) is -1.64. The molecule has 2 N–H and O–H groups in total. The molecule has 0 aliphatic rings. The standard InChI is InChI=1S/C14H11ClF3IN3O/c1-8(5-19-23)12-6-21-13(7-20-12)22-9-2-3-11(15)10(4-9)14(16,17)18/h2-7,23H,1H3,(H,21,22)/q-1/b8-5-. The van der Waals surface area contributed by atoms with E-state index in [1.165, 1.54) is 24.5 Å². The molecule has 0 fully saturated rings. The SMILES string of the molecule is C/C(=C/[I-]O)c1cnc(Nc2ccc(Cl)c(C(F)(F)F)c2)cn1. The molecule has 0 aliphatic heterocycles. The summed E-state index contributed by atoms with van der Waals surface area (Å²) in [4.78, 5) is 8.24. The van der Waals surface area contributed by atoms with Crippen LogP contribution in [0.5, 0.6) is 0 Å². The fourth-order valence-corrected chi connectivity index (χ4v) is 2.66. The fourth-order valence-electron chi connectivity index (χ4n) is 1.69. The minimum atomic E-state index is -4.53. The number of hydrogen-bond acceptors (Lipinski definition) is 4. The zero-order valence-corrected chi connectivity index (χ0v) is 14.6. The first-order valence-electron chi connectivity index (χ1n) is 6.21. The molecule has 0 unspecified atom stereocenters. The number of nitrogens with zero attached hydrogens (tertiary/aromatic N) is 2. The molecule has 0 bridgehead atoms. The van der Waals surface area contributed by atoms with Crippen LogP contribution in [-0.2, 0) is 6.18 Å². The molecule has 0 saturated carbocycles. The Balaban J connectivity index is 2.21. The summed E-state index contributed by atoms with van der Waals surface area (Å²) in [5, 5.41) is 2.38. The van der Waals surface area contributed by atoms with Crippen LogP contribution in [0.25, 0.3) is 5.57 Å². The first kappa shape index (κ1) is 18.0. The minimum absolute atomic E-state index is 0.206. The number of anilines is 2. The maximum absolute atomic E-state index is 12.8. The normalized spacial score (nSPS) is 12.5. The van der Waals surface area contributed by atoms with Gasteiger partial charge in [-0.1, -0.05) is 0 Å². The van der Waals surface area contributed by atoms with Crippen molar-refractivity contribution in [3.63, 3.8) is 0 Å². The van der Waals surface area contributed by atoms with Gasteiger partial charge in [-0.15, -0.1) is 0 Å². The molecule has 4 nitrogen and oxygen atoms in total. The molecule has 0 spiro atoms. The summed E-state index contributed by atoms with van der Waals surface area (Å²) < 4.78 is 49.1. The Morgan fingerprint density at radius 3 is 2.61 bits per heavy atom. The number of hydrogen-bond donors (Lipinski definition) is 2. The molecule has 0 atom stereocenters. The summed E-state index contributed by atoms with van der Waals surface area (Å²) in [5.74, 6) is 0.302. The predicted octanol–water partition coefficient (Wildman–Crippen LogP) is 1.25. The van der Waals surface area contributed by atoms with E-state index in [0.717, 1.165) is 11.6 Å². The van der Waals surface area contributed by atoms with Crippen LogP contribution in [0.4, 0.5) is 24.7 Å². The molecular weight excluding hydrogens is 446 g/mol. The molecule has 23 heavy (non-hydrogen) atoms. The second-order valence-corrected chi connectivity index (χ2v) is 6.08. The molecule has 0 saturated heterocycles. The molecule has 1 aromatic heterocycles. The van der Waals surface area contributed by atoms with Gasteiger partial charge in [0.25, 0.3) is 0 Å². The topological polar surface area (TPSA) is 58.0 Å². The van der Waals surface area contributed by atoms with E-state index in [9.17, 15) is 13.2 Å². The van der Waals surface area contributed by atoms with Gasteiger partial charge in [-0.25, -0.2) is 0 Å². The van der Waals surface area contributed by atoms with E-state index in [0.29, 0.717) is 11.5 Å². The summed E-state index contributed by atoms with van der Waals surface area (Å²) in [7, 11) is 0. The predicted molar refractivity (Wildman–Crippen MR) is 77.6 cm³/mol. The van der Waals surface area contributed by atoms with Gasteiger partial charge < -0.3 is 0 Å². The van der Waals surface area contributed by atoms with Crippen molar-refractivity contribution in [1.82, 2.24) is 9.97 Å². The Kier molecular flexibility index (Phi) is 5.82. The third-order valence-electron chi connectivity index (χ3n) is 2.81. The number of halogens is 5. The van der Waals surface area contributed by atoms with Crippen LogP contribution in [0.1, 0.15) is 18.2 Å². The Hall–Kier alpha value is -1.39. The van der Waals surface area contributed by atoms with Crippen molar-refractivity contribution >= 4 is 28.7 Å². The van der Waals surface area contributed by atoms with Crippen molar-refractivity contribution in [3.8, 4) is 0 Å². The molecule has 9 heteroatoms. The summed E-state index contributed by atoms with van der Waals surface area (Å²) in [6.45, 7) is 1.79. The van der Waals surface area contributed by atoms with Gasteiger partial charge in [0, 0.05) is 0 Å². The number of allylic oxidation sites excluding steroid dienone is 1. The van der Waals surface area contributed by atoms with Crippen molar-refractivity contribution in [3.05, 3.63) is 51.0 Å². The Bertz CT molecular complexity index is 720. The molecule has 1 aromatic carbocycles. The van der Waals surface area contributed by atoms with Gasteiger partial charge in [0.15, 0.2) is 0 Å². The average Bonchev–Trinajstić information content (AvgIpc) is 2.49. The van der Waals surface area contributed by atoms with Crippen molar-refractivity contribution in [2.75, 3.05) is 5.32 Å². The fraction of sp³-hybridized carbons (Fsp3) is 0.143. The summed E-state index contributed by atoms with van der Waals surface area (Å²) in [6, 6.07) is 3.51. The van der Waals surface area contributed by atoms with E-state index in [2.05, 4.69) is 15.3 Å². The molecule has 2 aromatic rings. The summed E-state index contributed by atoms with van der Waals surface area (Å²) >= 11 is 4.58. The average molecular weight is 457 g/mol. The van der Waals surface area contributed by atoms with Crippen LogP contribution in [0.2, 0.25) is 5.02 Å². The quantitative estimate of drug-likeness (QED) is 0.680. The number of benzene rings is 1. The first-order valence-corrected chi connectivity index (χ1v) is 8.80. The number of nitrogens with one attached hydrogen (secondary N) is 1. The van der Waals surface area contributed by atoms with E-state index in [-0.39, 0.29) is 10.7 Å².